The number of halogens is 1. The smallest absolute Gasteiger partial charge is 0.311 e. The third-order valence-corrected chi connectivity index (χ3v) is 4.06. The number of benzene rings is 1. The molecule has 3 rings (SSSR count). The van der Waals surface area contributed by atoms with Gasteiger partial charge in [0.1, 0.15) is 5.75 Å². The van der Waals surface area contributed by atoms with Gasteiger partial charge in [-0.2, -0.15) is 0 Å². The van der Waals surface area contributed by atoms with E-state index in [1.165, 1.54) is 0 Å². The van der Waals surface area contributed by atoms with E-state index in [-0.39, 0.29) is 24.3 Å². The molecule has 0 bridgehead atoms. The lowest BCUT2D eigenvalue weighted by Gasteiger charge is -2.33. The number of nitrogens with zero attached hydrogens (tertiary/aromatic N) is 4. The average molecular weight is 365 g/mol. The Kier molecular flexibility index (Phi) is 5.18. The predicted octanol–water partition coefficient (Wildman–Crippen LogP) is 1.39. The van der Waals surface area contributed by atoms with E-state index in [0.29, 0.717) is 42.8 Å². The molecule has 1 aliphatic rings. The van der Waals surface area contributed by atoms with Crippen molar-refractivity contribution in [2.24, 2.45) is 0 Å². The number of piperazine rings is 1. The first-order chi connectivity index (χ1) is 12.0. The molecule has 132 valence electrons. The van der Waals surface area contributed by atoms with Crippen LogP contribution in [0.3, 0.4) is 0 Å². The van der Waals surface area contributed by atoms with Crippen LogP contribution < -0.4 is 4.74 Å². The number of hydrogen-bond donors (Lipinski definition) is 0. The van der Waals surface area contributed by atoms with Gasteiger partial charge in [0, 0.05) is 38.1 Å². The summed E-state index contributed by atoms with van der Waals surface area (Å²) in [6.07, 6.45) is 0. The molecule has 25 heavy (non-hydrogen) atoms. The molecule has 2 aromatic rings. The van der Waals surface area contributed by atoms with Gasteiger partial charge >= 0.3 is 11.8 Å². The summed E-state index contributed by atoms with van der Waals surface area (Å²) in [6.45, 7) is 3.25. The van der Waals surface area contributed by atoms with Crippen molar-refractivity contribution in [3.05, 3.63) is 41.1 Å². The molecular formula is C16H17ClN4O4. The average Bonchev–Trinajstić information content (AvgIpc) is 3.07. The minimum Gasteiger partial charge on any atom is -0.484 e. The van der Waals surface area contributed by atoms with Gasteiger partial charge in [-0.05, 0) is 24.3 Å². The van der Waals surface area contributed by atoms with Gasteiger partial charge in [-0.15, -0.1) is 10.2 Å². The standard InChI is InChI=1S/C16H17ClN4O4/c1-11-18-19-15(25-11)16(23)21-8-6-20(7-9-21)14(22)10-24-13-4-2-12(17)3-5-13/h2-5H,6-10H2,1H3. The Hall–Kier alpha value is -2.61. The van der Waals surface area contributed by atoms with Gasteiger partial charge in [0.15, 0.2) is 6.61 Å². The van der Waals surface area contributed by atoms with Crippen LogP contribution >= 0.6 is 11.6 Å². The van der Waals surface area contributed by atoms with Gasteiger partial charge in [-0.25, -0.2) is 0 Å². The van der Waals surface area contributed by atoms with Crippen molar-refractivity contribution in [1.29, 1.82) is 0 Å². The van der Waals surface area contributed by atoms with E-state index in [0.717, 1.165) is 0 Å². The first kappa shape index (κ1) is 17.2. The third-order valence-electron chi connectivity index (χ3n) is 3.80. The largest absolute Gasteiger partial charge is 0.484 e. The minimum atomic E-state index is -0.315. The summed E-state index contributed by atoms with van der Waals surface area (Å²) >= 11 is 5.80. The number of ether oxygens (including phenoxy) is 1. The van der Waals surface area contributed by atoms with Gasteiger partial charge in [0.2, 0.25) is 5.89 Å². The fourth-order valence-electron chi connectivity index (χ4n) is 2.44. The van der Waals surface area contributed by atoms with Crippen LogP contribution in [0.25, 0.3) is 0 Å². The van der Waals surface area contributed by atoms with E-state index in [4.69, 9.17) is 20.8 Å². The second kappa shape index (κ2) is 7.52. The highest BCUT2D eigenvalue weighted by atomic mass is 35.5. The molecule has 0 aliphatic carbocycles. The summed E-state index contributed by atoms with van der Waals surface area (Å²) in [5.41, 5.74) is 0. The number of carbonyl (C=O) groups is 2. The van der Waals surface area contributed by atoms with Crippen molar-refractivity contribution in [1.82, 2.24) is 20.0 Å². The molecule has 9 heteroatoms. The predicted molar refractivity (Wildman–Crippen MR) is 88.5 cm³/mol. The molecule has 1 aliphatic heterocycles. The Morgan fingerprint density at radius 2 is 1.76 bits per heavy atom. The first-order valence-corrected chi connectivity index (χ1v) is 8.16. The molecule has 1 aromatic carbocycles. The van der Waals surface area contributed by atoms with Crippen LogP contribution in [-0.4, -0.2) is 64.6 Å². The normalized spacial score (nSPS) is 14.5. The summed E-state index contributed by atoms with van der Waals surface area (Å²) < 4.78 is 10.6. The molecule has 0 N–H and O–H groups in total. The van der Waals surface area contributed by atoms with Gasteiger partial charge in [-0.1, -0.05) is 11.6 Å². The van der Waals surface area contributed by atoms with E-state index in [9.17, 15) is 9.59 Å². The molecule has 0 atom stereocenters. The molecule has 0 spiro atoms. The Morgan fingerprint density at radius 1 is 1.12 bits per heavy atom. The molecule has 8 nitrogen and oxygen atoms in total. The highest BCUT2D eigenvalue weighted by Gasteiger charge is 2.27. The maximum Gasteiger partial charge on any atom is 0.311 e. The van der Waals surface area contributed by atoms with Crippen LogP contribution in [0.4, 0.5) is 0 Å². The molecule has 1 fully saturated rings. The van der Waals surface area contributed by atoms with E-state index in [1.807, 2.05) is 0 Å². The van der Waals surface area contributed by atoms with E-state index in [2.05, 4.69) is 10.2 Å². The van der Waals surface area contributed by atoms with Crippen molar-refractivity contribution in [2.75, 3.05) is 32.8 Å². The number of rotatable bonds is 4. The Morgan fingerprint density at radius 3 is 2.36 bits per heavy atom. The van der Waals surface area contributed by atoms with Crippen molar-refractivity contribution in [3.8, 4) is 5.75 Å². The number of aromatic nitrogens is 2. The number of aryl methyl sites for hydroxylation is 1. The zero-order chi connectivity index (χ0) is 17.8. The molecule has 1 aromatic heterocycles. The SMILES string of the molecule is Cc1nnc(C(=O)N2CCN(C(=O)COc3ccc(Cl)cc3)CC2)o1. The summed E-state index contributed by atoms with van der Waals surface area (Å²) in [4.78, 5) is 27.7. The number of carbonyl (C=O) groups excluding carboxylic acids is 2. The third kappa shape index (κ3) is 4.27. The molecular weight excluding hydrogens is 348 g/mol. The van der Waals surface area contributed by atoms with Crippen LogP contribution in [0.15, 0.2) is 28.7 Å². The van der Waals surface area contributed by atoms with Crippen molar-refractivity contribution in [2.45, 2.75) is 6.92 Å². The summed E-state index contributed by atoms with van der Waals surface area (Å²) in [6, 6.07) is 6.81. The lowest BCUT2D eigenvalue weighted by atomic mass is 10.3. The van der Waals surface area contributed by atoms with Crippen LogP contribution in [0, 0.1) is 6.92 Å². The quantitative estimate of drug-likeness (QED) is 0.814. The summed E-state index contributed by atoms with van der Waals surface area (Å²) in [5, 5.41) is 7.98. The van der Waals surface area contributed by atoms with Crippen molar-refractivity contribution in [3.63, 3.8) is 0 Å². The monoisotopic (exact) mass is 364 g/mol. The molecule has 2 heterocycles. The highest BCUT2D eigenvalue weighted by Crippen LogP contribution is 2.16. The molecule has 0 radical (unpaired) electrons. The second-order valence-corrected chi connectivity index (χ2v) is 5.98. The van der Waals surface area contributed by atoms with Gasteiger partial charge in [0.05, 0.1) is 0 Å². The second-order valence-electron chi connectivity index (χ2n) is 5.54. The highest BCUT2D eigenvalue weighted by molar-refractivity contribution is 6.30. The lowest BCUT2D eigenvalue weighted by molar-refractivity contribution is -0.134. The topological polar surface area (TPSA) is 88.8 Å². The number of amides is 2. The fourth-order valence-corrected chi connectivity index (χ4v) is 2.57. The van der Waals surface area contributed by atoms with E-state index < -0.39 is 0 Å². The Labute approximate surface area is 149 Å². The molecule has 2 amide bonds. The van der Waals surface area contributed by atoms with E-state index in [1.54, 1.807) is 41.0 Å². The minimum absolute atomic E-state index is 0.0247. The molecule has 0 saturated carbocycles. The lowest BCUT2D eigenvalue weighted by Crippen LogP contribution is -2.51. The Balaban J connectivity index is 1.47. The van der Waals surface area contributed by atoms with Crippen LogP contribution in [-0.2, 0) is 4.79 Å². The van der Waals surface area contributed by atoms with E-state index >= 15 is 0 Å². The molecule has 0 unspecified atom stereocenters. The van der Waals surface area contributed by atoms with Crippen LogP contribution in [0.5, 0.6) is 5.75 Å². The van der Waals surface area contributed by atoms with Crippen molar-refractivity contribution < 1.29 is 18.7 Å². The summed E-state index contributed by atoms with van der Waals surface area (Å²) in [7, 11) is 0. The number of hydrogen-bond acceptors (Lipinski definition) is 6. The maximum atomic E-state index is 12.2. The zero-order valence-electron chi connectivity index (χ0n) is 13.6. The van der Waals surface area contributed by atoms with Gasteiger partial charge < -0.3 is 19.0 Å². The maximum absolute atomic E-state index is 12.2. The Bertz CT molecular complexity index is 754. The van der Waals surface area contributed by atoms with Crippen LogP contribution in [0.2, 0.25) is 5.02 Å². The first-order valence-electron chi connectivity index (χ1n) is 7.78. The summed E-state index contributed by atoms with van der Waals surface area (Å²) in [5.74, 6) is 0.457. The van der Waals surface area contributed by atoms with Gasteiger partial charge in [-0.3, -0.25) is 9.59 Å². The zero-order valence-corrected chi connectivity index (χ0v) is 14.4. The fraction of sp³-hybridized carbons (Fsp3) is 0.375. The van der Waals surface area contributed by atoms with Gasteiger partial charge in [0.25, 0.3) is 5.91 Å². The molecule has 1 saturated heterocycles. The van der Waals surface area contributed by atoms with Crippen molar-refractivity contribution >= 4 is 23.4 Å². The van der Waals surface area contributed by atoms with Crippen LogP contribution in [0.1, 0.15) is 16.6 Å².